The molecule has 0 N–H and O–H groups in total. The zero-order chi connectivity index (χ0) is 13.1. The molecule has 0 aliphatic heterocycles. The van der Waals surface area contributed by atoms with Gasteiger partial charge in [0.25, 0.3) is 0 Å². The van der Waals surface area contributed by atoms with Crippen LogP contribution in [0.25, 0.3) is 0 Å². The Kier molecular flexibility index (Phi) is 3.41. The zero-order valence-corrected chi connectivity index (χ0v) is 10.6. The molecule has 5 nitrogen and oxygen atoms in total. The van der Waals surface area contributed by atoms with Crippen molar-refractivity contribution in [3.63, 3.8) is 0 Å². The van der Waals surface area contributed by atoms with Crippen molar-refractivity contribution in [2.24, 2.45) is 0 Å². The van der Waals surface area contributed by atoms with Crippen LogP contribution in [0.2, 0.25) is 0 Å². The minimum absolute atomic E-state index is 0.113. The molecular weight excluding hydrogens is 232 g/mol. The average Bonchev–Trinajstić information content (AvgIpc) is 2.81. The van der Waals surface area contributed by atoms with Gasteiger partial charge in [-0.05, 0) is 25.0 Å². The molecule has 1 aromatic heterocycles. The van der Waals surface area contributed by atoms with Gasteiger partial charge in [0.1, 0.15) is 0 Å². The number of rotatable bonds is 3. The van der Waals surface area contributed by atoms with E-state index in [1.54, 1.807) is 0 Å². The summed E-state index contributed by atoms with van der Waals surface area (Å²) in [6.45, 7) is 4.04. The van der Waals surface area contributed by atoms with Crippen molar-refractivity contribution in [1.82, 2.24) is 10.2 Å². The number of aromatic nitrogens is 2. The van der Waals surface area contributed by atoms with Crippen LogP contribution in [-0.4, -0.2) is 23.3 Å². The monoisotopic (exact) mass is 246 g/mol. The first-order chi connectivity index (χ1) is 8.60. The normalized spacial score (nSPS) is 10.4. The second-order valence-corrected chi connectivity index (χ2v) is 4.10. The van der Waals surface area contributed by atoms with E-state index in [9.17, 15) is 4.79 Å². The number of carbonyl (C=O) groups excluding carboxylic acids is 1. The first kappa shape index (κ1) is 12.3. The van der Waals surface area contributed by atoms with Gasteiger partial charge in [0.2, 0.25) is 5.89 Å². The van der Waals surface area contributed by atoms with Crippen LogP contribution in [0.4, 0.5) is 0 Å². The highest BCUT2D eigenvalue weighted by Gasteiger charge is 2.15. The average molecular weight is 246 g/mol. The quantitative estimate of drug-likeness (QED) is 0.775. The van der Waals surface area contributed by atoms with Crippen molar-refractivity contribution in [1.29, 1.82) is 0 Å². The van der Waals surface area contributed by atoms with Gasteiger partial charge >= 0.3 is 11.9 Å². The van der Waals surface area contributed by atoms with E-state index in [0.29, 0.717) is 12.3 Å². The molecule has 1 aromatic carbocycles. The zero-order valence-electron chi connectivity index (χ0n) is 10.6. The van der Waals surface area contributed by atoms with E-state index in [0.717, 1.165) is 11.1 Å². The predicted molar refractivity (Wildman–Crippen MR) is 64.4 cm³/mol. The van der Waals surface area contributed by atoms with Crippen LogP contribution < -0.4 is 0 Å². The van der Waals surface area contributed by atoms with Gasteiger partial charge in [-0.3, -0.25) is 0 Å². The minimum Gasteiger partial charge on any atom is -0.462 e. The Bertz CT molecular complexity index is 575. The molecule has 0 fully saturated rings. The number of carbonyl (C=O) groups is 1. The molecule has 0 bridgehead atoms. The second-order valence-electron chi connectivity index (χ2n) is 4.10. The topological polar surface area (TPSA) is 65.2 Å². The van der Waals surface area contributed by atoms with Gasteiger partial charge in [0, 0.05) is 0 Å². The second kappa shape index (κ2) is 5.00. The van der Waals surface area contributed by atoms with Crippen molar-refractivity contribution in [2.45, 2.75) is 20.3 Å². The first-order valence-electron chi connectivity index (χ1n) is 5.57. The number of hydrogen-bond donors (Lipinski definition) is 0. The van der Waals surface area contributed by atoms with Gasteiger partial charge in [-0.25, -0.2) is 4.79 Å². The summed E-state index contributed by atoms with van der Waals surface area (Å²) in [6, 6.07) is 6.16. The highest BCUT2D eigenvalue weighted by molar-refractivity contribution is 5.83. The lowest BCUT2D eigenvalue weighted by Crippen LogP contribution is -2.00. The molecule has 0 radical (unpaired) electrons. The summed E-state index contributed by atoms with van der Waals surface area (Å²) >= 11 is 0. The Labute approximate surface area is 105 Å². The Morgan fingerprint density at radius 3 is 2.83 bits per heavy atom. The lowest BCUT2D eigenvalue weighted by Gasteiger charge is -2.03. The maximum Gasteiger partial charge on any atom is 0.396 e. The Balaban J connectivity index is 2.21. The molecular formula is C13H14N2O3. The third-order valence-electron chi connectivity index (χ3n) is 2.67. The van der Waals surface area contributed by atoms with Crippen LogP contribution in [0.1, 0.15) is 33.3 Å². The Morgan fingerprint density at radius 2 is 2.11 bits per heavy atom. The standard InChI is InChI=1S/C13H14N2O3/c1-8-4-5-9(2)10(6-8)7-11-14-15-12(18-11)13(16)17-3/h4-6H,7H2,1-3H3. The molecule has 0 spiro atoms. The van der Waals surface area contributed by atoms with Crippen LogP contribution in [0, 0.1) is 13.8 Å². The summed E-state index contributed by atoms with van der Waals surface area (Å²) in [7, 11) is 1.27. The molecule has 0 aliphatic carbocycles. The lowest BCUT2D eigenvalue weighted by molar-refractivity contribution is 0.0554. The van der Waals surface area contributed by atoms with Crippen LogP contribution in [-0.2, 0) is 11.2 Å². The number of methoxy groups -OCH3 is 1. The van der Waals surface area contributed by atoms with Crippen molar-refractivity contribution < 1.29 is 13.9 Å². The summed E-state index contributed by atoms with van der Waals surface area (Å²) in [5.41, 5.74) is 3.43. The van der Waals surface area contributed by atoms with Crippen molar-refractivity contribution >= 4 is 5.97 Å². The van der Waals surface area contributed by atoms with Gasteiger partial charge in [-0.1, -0.05) is 23.8 Å². The summed E-state index contributed by atoms with van der Waals surface area (Å²) in [5.74, 6) is -0.323. The van der Waals surface area contributed by atoms with Gasteiger partial charge < -0.3 is 9.15 Å². The van der Waals surface area contributed by atoms with E-state index in [-0.39, 0.29) is 5.89 Å². The summed E-state index contributed by atoms with van der Waals surface area (Å²) in [5, 5.41) is 7.48. The summed E-state index contributed by atoms with van der Waals surface area (Å²) < 4.78 is 9.75. The molecule has 0 saturated heterocycles. The van der Waals surface area contributed by atoms with E-state index in [1.807, 2.05) is 26.0 Å². The van der Waals surface area contributed by atoms with Gasteiger partial charge in [-0.15, -0.1) is 10.2 Å². The van der Waals surface area contributed by atoms with Gasteiger partial charge in [-0.2, -0.15) is 0 Å². The molecule has 0 atom stereocenters. The van der Waals surface area contributed by atoms with E-state index >= 15 is 0 Å². The Hall–Kier alpha value is -2.17. The van der Waals surface area contributed by atoms with Crippen molar-refractivity contribution in [3.8, 4) is 0 Å². The number of esters is 1. The van der Waals surface area contributed by atoms with E-state index in [4.69, 9.17) is 4.42 Å². The highest BCUT2D eigenvalue weighted by atomic mass is 16.5. The van der Waals surface area contributed by atoms with Crippen LogP contribution in [0.15, 0.2) is 22.6 Å². The third-order valence-corrected chi connectivity index (χ3v) is 2.67. The number of aryl methyl sites for hydroxylation is 2. The molecule has 1 heterocycles. The van der Waals surface area contributed by atoms with E-state index < -0.39 is 5.97 Å². The van der Waals surface area contributed by atoms with Crippen LogP contribution in [0.3, 0.4) is 0 Å². The fraction of sp³-hybridized carbons (Fsp3) is 0.308. The number of nitrogens with zero attached hydrogens (tertiary/aromatic N) is 2. The smallest absolute Gasteiger partial charge is 0.396 e. The predicted octanol–water partition coefficient (Wildman–Crippen LogP) is 2.06. The fourth-order valence-electron chi connectivity index (χ4n) is 1.65. The lowest BCUT2D eigenvalue weighted by atomic mass is 10.0. The molecule has 0 amide bonds. The minimum atomic E-state index is -0.616. The van der Waals surface area contributed by atoms with Crippen molar-refractivity contribution in [2.75, 3.05) is 7.11 Å². The third kappa shape index (κ3) is 2.56. The molecule has 0 unspecified atom stereocenters. The SMILES string of the molecule is COC(=O)c1nnc(Cc2cc(C)ccc2C)o1. The molecule has 0 saturated carbocycles. The molecule has 2 aromatic rings. The first-order valence-corrected chi connectivity index (χ1v) is 5.57. The van der Waals surface area contributed by atoms with E-state index in [1.165, 1.54) is 12.7 Å². The molecule has 0 aliphatic rings. The summed E-state index contributed by atoms with van der Waals surface area (Å²) in [6.07, 6.45) is 0.511. The highest BCUT2D eigenvalue weighted by Crippen LogP contribution is 2.15. The van der Waals surface area contributed by atoms with E-state index in [2.05, 4.69) is 21.0 Å². The maximum atomic E-state index is 11.2. The number of benzene rings is 1. The fourth-order valence-corrected chi connectivity index (χ4v) is 1.65. The van der Waals surface area contributed by atoms with Crippen LogP contribution >= 0.6 is 0 Å². The van der Waals surface area contributed by atoms with Crippen LogP contribution in [0.5, 0.6) is 0 Å². The van der Waals surface area contributed by atoms with Gasteiger partial charge in [0.15, 0.2) is 0 Å². The van der Waals surface area contributed by atoms with Crippen molar-refractivity contribution in [3.05, 3.63) is 46.7 Å². The largest absolute Gasteiger partial charge is 0.462 e. The Morgan fingerprint density at radius 1 is 1.33 bits per heavy atom. The number of ether oxygens (including phenoxy) is 1. The molecule has 94 valence electrons. The summed E-state index contributed by atoms with van der Waals surface area (Å²) in [4.78, 5) is 11.2. The molecule has 5 heteroatoms. The molecule has 2 rings (SSSR count). The molecule has 18 heavy (non-hydrogen) atoms. The number of hydrogen-bond acceptors (Lipinski definition) is 5. The maximum absolute atomic E-state index is 11.2. The van der Waals surface area contributed by atoms with Gasteiger partial charge in [0.05, 0.1) is 13.5 Å².